The van der Waals surface area contributed by atoms with Gasteiger partial charge in [0, 0.05) is 12.6 Å². The van der Waals surface area contributed by atoms with Gasteiger partial charge in [0.15, 0.2) is 0 Å². The van der Waals surface area contributed by atoms with Gasteiger partial charge < -0.3 is 14.6 Å². The molecule has 1 aromatic rings. The molecule has 1 unspecified atom stereocenters. The number of nitrogens with one attached hydrogen (secondary N) is 1. The largest absolute Gasteiger partial charge is 0.467 e. The average Bonchev–Trinajstić information content (AvgIpc) is 2.97. The molecule has 1 amide bonds. The van der Waals surface area contributed by atoms with Crippen LogP contribution in [0.3, 0.4) is 0 Å². The maximum atomic E-state index is 13.1. The van der Waals surface area contributed by atoms with E-state index in [0.717, 1.165) is 51.0 Å². The lowest BCUT2D eigenvalue weighted by molar-refractivity contribution is -0.143. The fraction of sp³-hybridized carbons (Fsp3) is 0.688. The van der Waals surface area contributed by atoms with Crippen LogP contribution < -0.4 is 5.32 Å². The van der Waals surface area contributed by atoms with E-state index in [1.165, 1.54) is 0 Å². The Morgan fingerprint density at radius 2 is 2.40 bits per heavy atom. The number of hydrogen-bond acceptors (Lipinski definition) is 3. The topological polar surface area (TPSA) is 45.5 Å². The number of nitrogens with zero attached hydrogens (tertiary/aromatic N) is 1. The first-order chi connectivity index (χ1) is 9.75. The van der Waals surface area contributed by atoms with E-state index in [0.29, 0.717) is 18.5 Å². The van der Waals surface area contributed by atoms with E-state index in [-0.39, 0.29) is 5.41 Å². The standard InChI is InChI=1S/C16H24N2O2/c1-2-7-16(8-9-17-12-16)15(19)18(13-5-6-13)11-14-4-3-10-20-14/h3-4,10,13,17H,2,5-9,11-12H2,1H3. The highest BCUT2D eigenvalue weighted by Crippen LogP contribution is 2.38. The quantitative estimate of drug-likeness (QED) is 0.868. The lowest BCUT2D eigenvalue weighted by Gasteiger charge is -2.33. The van der Waals surface area contributed by atoms with E-state index in [4.69, 9.17) is 4.42 Å². The summed E-state index contributed by atoms with van der Waals surface area (Å²) in [6, 6.07) is 4.29. The molecule has 2 aliphatic rings. The van der Waals surface area contributed by atoms with Gasteiger partial charge in [-0.25, -0.2) is 0 Å². The predicted molar refractivity (Wildman–Crippen MR) is 77.1 cm³/mol. The van der Waals surface area contributed by atoms with Crippen molar-refractivity contribution in [2.45, 2.75) is 51.6 Å². The number of carbonyl (C=O) groups is 1. The van der Waals surface area contributed by atoms with Crippen LogP contribution in [0.15, 0.2) is 22.8 Å². The molecule has 1 N–H and O–H groups in total. The fourth-order valence-electron chi connectivity index (χ4n) is 3.35. The first-order valence-electron chi connectivity index (χ1n) is 7.79. The summed E-state index contributed by atoms with van der Waals surface area (Å²) in [4.78, 5) is 15.2. The highest BCUT2D eigenvalue weighted by atomic mass is 16.3. The fourth-order valence-corrected chi connectivity index (χ4v) is 3.35. The molecule has 1 aliphatic heterocycles. The Morgan fingerprint density at radius 3 is 2.95 bits per heavy atom. The first-order valence-corrected chi connectivity index (χ1v) is 7.79. The molecule has 2 heterocycles. The van der Waals surface area contributed by atoms with E-state index in [1.54, 1.807) is 6.26 Å². The van der Waals surface area contributed by atoms with Gasteiger partial charge in [0.05, 0.1) is 18.2 Å². The second-order valence-corrected chi connectivity index (χ2v) is 6.20. The summed E-state index contributed by atoms with van der Waals surface area (Å²) in [7, 11) is 0. The molecule has 0 radical (unpaired) electrons. The van der Waals surface area contributed by atoms with Crippen LogP contribution in [0.4, 0.5) is 0 Å². The Hall–Kier alpha value is -1.29. The van der Waals surface area contributed by atoms with Gasteiger partial charge in [-0.15, -0.1) is 0 Å². The normalized spacial score (nSPS) is 25.9. The first kappa shape index (κ1) is 13.7. The Morgan fingerprint density at radius 1 is 1.55 bits per heavy atom. The zero-order valence-electron chi connectivity index (χ0n) is 12.2. The second kappa shape index (κ2) is 5.60. The zero-order chi connectivity index (χ0) is 14.0. The number of hydrogen-bond donors (Lipinski definition) is 1. The molecular formula is C16H24N2O2. The molecular weight excluding hydrogens is 252 g/mol. The number of rotatable bonds is 6. The summed E-state index contributed by atoms with van der Waals surface area (Å²) in [6.07, 6.45) is 6.99. The summed E-state index contributed by atoms with van der Waals surface area (Å²) in [6.45, 7) is 4.59. The summed E-state index contributed by atoms with van der Waals surface area (Å²) in [5.41, 5.74) is -0.177. The Kier molecular flexibility index (Phi) is 3.83. The van der Waals surface area contributed by atoms with Crippen molar-refractivity contribution < 1.29 is 9.21 Å². The lowest BCUT2D eigenvalue weighted by Crippen LogP contribution is -2.46. The molecule has 0 bridgehead atoms. The van der Waals surface area contributed by atoms with Gasteiger partial charge in [-0.1, -0.05) is 13.3 Å². The van der Waals surface area contributed by atoms with Crippen molar-refractivity contribution in [3.63, 3.8) is 0 Å². The maximum Gasteiger partial charge on any atom is 0.230 e. The molecule has 1 aliphatic carbocycles. The molecule has 1 aromatic heterocycles. The maximum absolute atomic E-state index is 13.1. The van der Waals surface area contributed by atoms with Gasteiger partial charge >= 0.3 is 0 Å². The lowest BCUT2D eigenvalue weighted by atomic mass is 9.81. The van der Waals surface area contributed by atoms with E-state index in [2.05, 4.69) is 17.1 Å². The van der Waals surface area contributed by atoms with Gasteiger partial charge in [0.2, 0.25) is 5.91 Å². The van der Waals surface area contributed by atoms with Crippen molar-refractivity contribution in [2.24, 2.45) is 5.41 Å². The third-order valence-corrected chi connectivity index (χ3v) is 4.58. The molecule has 1 saturated heterocycles. The molecule has 1 atom stereocenters. The van der Waals surface area contributed by atoms with Crippen molar-refractivity contribution in [3.05, 3.63) is 24.2 Å². The third kappa shape index (κ3) is 2.62. The van der Waals surface area contributed by atoms with Crippen LogP contribution in [0.1, 0.15) is 44.8 Å². The molecule has 3 rings (SSSR count). The third-order valence-electron chi connectivity index (χ3n) is 4.58. The van der Waals surface area contributed by atoms with Gasteiger partial charge in [-0.05, 0) is 44.4 Å². The Labute approximate surface area is 120 Å². The Balaban J connectivity index is 1.77. The second-order valence-electron chi connectivity index (χ2n) is 6.20. The minimum atomic E-state index is -0.177. The van der Waals surface area contributed by atoms with Crippen molar-refractivity contribution in [2.75, 3.05) is 13.1 Å². The van der Waals surface area contributed by atoms with Gasteiger partial charge in [-0.2, -0.15) is 0 Å². The van der Waals surface area contributed by atoms with Gasteiger partial charge in [0.25, 0.3) is 0 Å². The summed E-state index contributed by atoms with van der Waals surface area (Å²) < 4.78 is 5.44. The highest BCUT2D eigenvalue weighted by Gasteiger charge is 2.46. The summed E-state index contributed by atoms with van der Waals surface area (Å²) in [5.74, 6) is 1.23. The molecule has 0 spiro atoms. The smallest absolute Gasteiger partial charge is 0.230 e. The van der Waals surface area contributed by atoms with Crippen LogP contribution >= 0.6 is 0 Å². The molecule has 0 aromatic carbocycles. The van der Waals surface area contributed by atoms with E-state index in [1.807, 2.05) is 12.1 Å². The van der Waals surface area contributed by atoms with Crippen LogP contribution in [-0.2, 0) is 11.3 Å². The minimum Gasteiger partial charge on any atom is -0.467 e. The molecule has 2 fully saturated rings. The van der Waals surface area contributed by atoms with Crippen LogP contribution in [0.25, 0.3) is 0 Å². The van der Waals surface area contributed by atoms with Crippen molar-refractivity contribution in [1.82, 2.24) is 10.2 Å². The zero-order valence-corrected chi connectivity index (χ0v) is 12.2. The molecule has 20 heavy (non-hydrogen) atoms. The Bertz CT molecular complexity index is 445. The average molecular weight is 276 g/mol. The number of carbonyl (C=O) groups excluding carboxylic acids is 1. The predicted octanol–water partition coefficient (Wildman–Crippen LogP) is 2.55. The van der Waals surface area contributed by atoms with Crippen LogP contribution in [0.2, 0.25) is 0 Å². The summed E-state index contributed by atoms with van der Waals surface area (Å²) >= 11 is 0. The van der Waals surface area contributed by atoms with E-state index < -0.39 is 0 Å². The monoisotopic (exact) mass is 276 g/mol. The van der Waals surface area contributed by atoms with Crippen LogP contribution in [0.5, 0.6) is 0 Å². The van der Waals surface area contributed by atoms with Crippen LogP contribution in [0, 0.1) is 5.41 Å². The molecule has 110 valence electrons. The van der Waals surface area contributed by atoms with Crippen molar-refractivity contribution >= 4 is 5.91 Å². The van der Waals surface area contributed by atoms with Gasteiger partial charge in [0.1, 0.15) is 5.76 Å². The van der Waals surface area contributed by atoms with E-state index >= 15 is 0 Å². The highest BCUT2D eigenvalue weighted by molar-refractivity contribution is 5.84. The molecule has 1 saturated carbocycles. The van der Waals surface area contributed by atoms with Crippen molar-refractivity contribution in [1.29, 1.82) is 0 Å². The van der Waals surface area contributed by atoms with Gasteiger partial charge in [-0.3, -0.25) is 4.79 Å². The number of amides is 1. The number of furan rings is 1. The van der Waals surface area contributed by atoms with E-state index in [9.17, 15) is 4.79 Å². The van der Waals surface area contributed by atoms with Crippen LogP contribution in [-0.4, -0.2) is 29.9 Å². The summed E-state index contributed by atoms with van der Waals surface area (Å²) in [5, 5.41) is 3.38. The molecule has 4 nitrogen and oxygen atoms in total. The SMILES string of the molecule is CCCC1(C(=O)N(Cc2ccco2)C2CC2)CCNC1. The van der Waals surface area contributed by atoms with Crippen molar-refractivity contribution in [3.8, 4) is 0 Å². The minimum absolute atomic E-state index is 0.177. The molecule has 4 heteroatoms.